The Morgan fingerprint density at radius 1 is 0.750 bits per heavy atom. The summed E-state index contributed by atoms with van der Waals surface area (Å²) in [6.07, 6.45) is 0. The highest BCUT2D eigenvalue weighted by atomic mass is 15.5. The van der Waals surface area contributed by atoms with Gasteiger partial charge in [-0.2, -0.15) is 15.0 Å². The van der Waals surface area contributed by atoms with Gasteiger partial charge in [0, 0.05) is 18.7 Å². The highest BCUT2D eigenvalue weighted by molar-refractivity contribution is 5.60. The second-order valence-corrected chi connectivity index (χ2v) is 6.97. The zero-order valence-corrected chi connectivity index (χ0v) is 16.0. The third-order valence-electron chi connectivity index (χ3n) is 4.64. The first kappa shape index (κ1) is 18.1. The highest BCUT2D eigenvalue weighted by Crippen LogP contribution is 2.20. The third kappa shape index (κ3) is 4.53. The summed E-state index contributed by atoms with van der Waals surface area (Å²) >= 11 is 0. The number of nitrogens with one attached hydrogen (secondary N) is 1. The Morgan fingerprint density at radius 3 is 2.21 bits per heavy atom. The molecule has 0 fully saturated rings. The topological polar surface area (TPSA) is 42.7 Å². The molecule has 0 radical (unpaired) electrons. The van der Waals surface area contributed by atoms with Gasteiger partial charge in [0.05, 0.1) is 6.54 Å². The number of rotatable bonds is 7. The first-order valence-corrected chi connectivity index (χ1v) is 9.57. The van der Waals surface area contributed by atoms with E-state index in [4.69, 9.17) is 10.2 Å². The number of benzene rings is 3. The van der Waals surface area contributed by atoms with Crippen molar-refractivity contribution in [2.45, 2.75) is 26.6 Å². The van der Waals surface area contributed by atoms with Crippen molar-refractivity contribution in [2.75, 3.05) is 0 Å². The fraction of sp³-hybridized carbons (Fsp3) is 0.167. The monoisotopic (exact) mass is 368 g/mol. The minimum Gasteiger partial charge on any atom is -0.307 e. The van der Waals surface area contributed by atoms with Crippen molar-refractivity contribution in [3.05, 3.63) is 107 Å². The normalized spacial score (nSPS) is 10.9. The molecule has 1 heterocycles. The molecule has 1 N–H and O–H groups in total. The number of hydrogen-bond donors (Lipinski definition) is 1. The third-order valence-corrected chi connectivity index (χ3v) is 4.64. The van der Waals surface area contributed by atoms with Gasteiger partial charge in [-0.15, -0.1) is 0 Å². The van der Waals surface area contributed by atoms with Crippen molar-refractivity contribution in [1.29, 1.82) is 0 Å². The van der Waals surface area contributed by atoms with Crippen LogP contribution >= 0.6 is 0 Å². The molecule has 1 aromatic heterocycles. The van der Waals surface area contributed by atoms with E-state index in [1.807, 2.05) is 24.3 Å². The Labute approximate surface area is 165 Å². The van der Waals surface area contributed by atoms with Crippen LogP contribution in [0.25, 0.3) is 11.3 Å². The largest absolute Gasteiger partial charge is 0.307 e. The van der Waals surface area contributed by atoms with E-state index in [9.17, 15) is 0 Å². The lowest BCUT2D eigenvalue weighted by Gasteiger charge is -2.04. The van der Waals surface area contributed by atoms with Crippen LogP contribution in [0.1, 0.15) is 22.4 Å². The zero-order chi connectivity index (χ0) is 19.2. The van der Waals surface area contributed by atoms with E-state index < -0.39 is 0 Å². The van der Waals surface area contributed by atoms with E-state index >= 15 is 0 Å². The van der Waals surface area contributed by atoms with Gasteiger partial charge in [-0.1, -0.05) is 90.5 Å². The molecule has 0 saturated heterocycles. The van der Waals surface area contributed by atoms with Gasteiger partial charge in [-0.05, 0) is 18.1 Å². The van der Waals surface area contributed by atoms with E-state index in [1.54, 1.807) is 4.80 Å². The summed E-state index contributed by atoms with van der Waals surface area (Å²) in [5.41, 5.74) is 6.71. The Bertz CT molecular complexity index is 1020. The van der Waals surface area contributed by atoms with E-state index in [0.29, 0.717) is 13.1 Å². The Hall–Kier alpha value is -3.24. The van der Waals surface area contributed by atoms with Gasteiger partial charge in [-0.3, -0.25) is 0 Å². The molecule has 0 spiro atoms. The van der Waals surface area contributed by atoms with Crippen molar-refractivity contribution in [3.8, 4) is 11.3 Å². The predicted molar refractivity (Wildman–Crippen MR) is 113 cm³/mol. The zero-order valence-electron chi connectivity index (χ0n) is 16.0. The summed E-state index contributed by atoms with van der Waals surface area (Å²) in [5, 5.41) is 13.1. The van der Waals surface area contributed by atoms with Gasteiger partial charge in [0.1, 0.15) is 11.4 Å². The van der Waals surface area contributed by atoms with Crippen LogP contribution in [-0.4, -0.2) is 15.0 Å². The highest BCUT2D eigenvalue weighted by Gasteiger charge is 2.13. The maximum Gasteiger partial charge on any atom is 0.117 e. The van der Waals surface area contributed by atoms with Gasteiger partial charge in [0.25, 0.3) is 0 Å². The molecule has 4 nitrogen and oxygen atoms in total. The molecule has 4 heteroatoms. The lowest BCUT2D eigenvalue weighted by Crippen LogP contribution is -2.14. The minimum atomic E-state index is 0.667. The molecule has 140 valence electrons. The van der Waals surface area contributed by atoms with Crippen LogP contribution in [0.3, 0.4) is 0 Å². The van der Waals surface area contributed by atoms with E-state index in [0.717, 1.165) is 23.5 Å². The van der Waals surface area contributed by atoms with Crippen LogP contribution in [0.5, 0.6) is 0 Å². The predicted octanol–water partition coefficient (Wildman–Crippen LogP) is 4.59. The van der Waals surface area contributed by atoms with Gasteiger partial charge < -0.3 is 5.32 Å². The van der Waals surface area contributed by atoms with Crippen LogP contribution in [-0.2, 0) is 19.6 Å². The Kier molecular flexibility index (Phi) is 5.59. The van der Waals surface area contributed by atoms with Crippen LogP contribution in [0.2, 0.25) is 0 Å². The van der Waals surface area contributed by atoms with Crippen LogP contribution < -0.4 is 5.32 Å². The first-order chi connectivity index (χ1) is 13.8. The van der Waals surface area contributed by atoms with E-state index in [-0.39, 0.29) is 0 Å². The second-order valence-electron chi connectivity index (χ2n) is 6.97. The van der Waals surface area contributed by atoms with Crippen LogP contribution in [0.15, 0.2) is 84.9 Å². The molecular weight excluding hydrogens is 344 g/mol. The summed E-state index contributed by atoms with van der Waals surface area (Å²) in [7, 11) is 0. The molecule has 0 aliphatic rings. The van der Waals surface area contributed by atoms with Crippen molar-refractivity contribution < 1.29 is 0 Å². The maximum absolute atomic E-state index is 4.80. The molecule has 0 amide bonds. The lowest BCUT2D eigenvalue weighted by atomic mass is 10.1. The van der Waals surface area contributed by atoms with Crippen molar-refractivity contribution in [3.63, 3.8) is 0 Å². The molecule has 0 bridgehead atoms. The number of nitrogens with zero attached hydrogens (tertiary/aromatic N) is 3. The summed E-state index contributed by atoms with van der Waals surface area (Å²) in [6, 6.07) is 29.2. The van der Waals surface area contributed by atoms with Crippen LogP contribution in [0, 0.1) is 6.92 Å². The molecule has 0 aliphatic carbocycles. The van der Waals surface area contributed by atoms with Gasteiger partial charge in [0.2, 0.25) is 0 Å². The molecule has 4 aromatic rings. The average Bonchev–Trinajstić information content (AvgIpc) is 3.12. The number of aromatic nitrogens is 3. The molecule has 0 saturated carbocycles. The standard InChI is InChI=1S/C24H24N4/c1-19-9-8-12-21(15-19)18-28-26-23(17-25-16-20-10-4-2-5-11-20)24(27-28)22-13-6-3-7-14-22/h2-15,25H,16-18H2,1H3. The van der Waals surface area contributed by atoms with Crippen molar-refractivity contribution >= 4 is 0 Å². The fourth-order valence-corrected chi connectivity index (χ4v) is 3.29. The smallest absolute Gasteiger partial charge is 0.117 e. The Balaban J connectivity index is 1.55. The summed E-state index contributed by atoms with van der Waals surface area (Å²) in [6.45, 7) is 4.25. The molecule has 4 rings (SSSR count). The maximum atomic E-state index is 4.80. The van der Waals surface area contributed by atoms with Crippen molar-refractivity contribution in [1.82, 2.24) is 20.3 Å². The quantitative estimate of drug-likeness (QED) is 0.519. The molecule has 0 unspecified atom stereocenters. The first-order valence-electron chi connectivity index (χ1n) is 9.57. The van der Waals surface area contributed by atoms with Gasteiger partial charge >= 0.3 is 0 Å². The SMILES string of the molecule is Cc1cccc(Cn2nc(CNCc3ccccc3)c(-c3ccccc3)n2)c1. The minimum absolute atomic E-state index is 0.667. The molecule has 0 aliphatic heterocycles. The molecule has 28 heavy (non-hydrogen) atoms. The average molecular weight is 368 g/mol. The summed E-state index contributed by atoms with van der Waals surface area (Å²) in [5.74, 6) is 0. The number of aryl methyl sites for hydroxylation is 1. The summed E-state index contributed by atoms with van der Waals surface area (Å²) in [4.78, 5) is 1.80. The van der Waals surface area contributed by atoms with Gasteiger partial charge in [-0.25, -0.2) is 0 Å². The number of hydrogen-bond acceptors (Lipinski definition) is 3. The molecular formula is C24H24N4. The molecule has 3 aromatic carbocycles. The second kappa shape index (κ2) is 8.63. The van der Waals surface area contributed by atoms with Crippen LogP contribution in [0.4, 0.5) is 0 Å². The molecule has 0 atom stereocenters. The van der Waals surface area contributed by atoms with E-state index in [2.05, 4.69) is 72.9 Å². The van der Waals surface area contributed by atoms with Crippen molar-refractivity contribution in [2.24, 2.45) is 0 Å². The Morgan fingerprint density at radius 2 is 1.46 bits per heavy atom. The van der Waals surface area contributed by atoms with E-state index in [1.165, 1.54) is 16.7 Å². The lowest BCUT2D eigenvalue weighted by molar-refractivity contribution is 0.576. The van der Waals surface area contributed by atoms with Gasteiger partial charge in [0.15, 0.2) is 0 Å². The fourth-order valence-electron chi connectivity index (χ4n) is 3.29. The summed E-state index contributed by atoms with van der Waals surface area (Å²) < 4.78 is 0.